The quantitative estimate of drug-likeness (QED) is 0.813. The highest BCUT2D eigenvalue weighted by molar-refractivity contribution is 5.81. The van der Waals surface area contributed by atoms with Gasteiger partial charge in [-0.05, 0) is 5.56 Å². The van der Waals surface area contributed by atoms with Crippen LogP contribution in [-0.4, -0.2) is 16.1 Å². The SMILES string of the molecule is Nc1ncc2cccc(CC(F)(F)F)c2n1. The predicted octanol–water partition coefficient (Wildman–Crippen LogP) is 2.32. The van der Waals surface area contributed by atoms with E-state index in [1.165, 1.54) is 12.3 Å². The van der Waals surface area contributed by atoms with Crippen molar-refractivity contribution in [1.82, 2.24) is 9.97 Å². The fourth-order valence-electron chi connectivity index (χ4n) is 1.49. The number of benzene rings is 1. The maximum atomic E-state index is 12.3. The number of para-hydroxylation sites is 1. The van der Waals surface area contributed by atoms with Crippen molar-refractivity contribution in [3.8, 4) is 0 Å². The Morgan fingerprint density at radius 3 is 2.69 bits per heavy atom. The first-order valence-electron chi connectivity index (χ1n) is 4.52. The molecule has 0 radical (unpaired) electrons. The number of rotatable bonds is 1. The lowest BCUT2D eigenvalue weighted by Crippen LogP contribution is -2.12. The molecule has 2 aromatic rings. The molecule has 0 fully saturated rings. The van der Waals surface area contributed by atoms with Crippen LogP contribution in [0.25, 0.3) is 10.9 Å². The minimum Gasteiger partial charge on any atom is -0.368 e. The molecule has 1 heterocycles. The molecule has 6 heteroatoms. The van der Waals surface area contributed by atoms with Gasteiger partial charge in [-0.15, -0.1) is 0 Å². The van der Waals surface area contributed by atoms with Crippen molar-refractivity contribution in [3.63, 3.8) is 0 Å². The second-order valence-corrected chi connectivity index (χ2v) is 3.38. The van der Waals surface area contributed by atoms with E-state index >= 15 is 0 Å². The third kappa shape index (κ3) is 2.21. The number of nitrogens with zero attached hydrogens (tertiary/aromatic N) is 2. The summed E-state index contributed by atoms with van der Waals surface area (Å²) in [7, 11) is 0. The van der Waals surface area contributed by atoms with E-state index in [0.29, 0.717) is 5.39 Å². The van der Waals surface area contributed by atoms with Crippen LogP contribution < -0.4 is 5.73 Å². The number of halogens is 3. The molecule has 0 aliphatic carbocycles. The van der Waals surface area contributed by atoms with Gasteiger partial charge in [0.05, 0.1) is 11.9 Å². The Morgan fingerprint density at radius 1 is 1.25 bits per heavy atom. The summed E-state index contributed by atoms with van der Waals surface area (Å²) < 4.78 is 36.9. The van der Waals surface area contributed by atoms with Crippen LogP contribution in [0.3, 0.4) is 0 Å². The predicted molar refractivity (Wildman–Crippen MR) is 53.7 cm³/mol. The number of alkyl halides is 3. The lowest BCUT2D eigenvalue weighted by Gasteiger charge is -2.08. The van der Waals surface area contributed by atoms with Crippen LogP contribution in [0.2, 0.25) is 0 Å². The topological polar surface area (TPSA) is 51.8 Å². The van der Waals surface area contributed by atoms with E-state index < -0.39 is 12.6 Å². The van der Waals surface area contributed by atoms with Gasteiger partial charge in [0.15, 0.2) is 0 Å². The summed E-state index contributed by atoms with van der Waals surface area (Å²) in [5, 5.41) is 0.552. The number of fused-ring (bicyclic) bond motifs is 1. The molecule has 0 spiro atoms. The van der Waals surface area contributed by atoms with Gasteiger partial charge in [-0.2, -0.15) is 13.2 Å². The summed E-state index contributed by atoms with van der Waals surface area (Å²) in [6, 6.07) is 4.58. The van der Waals surface area contributed by atoms with Crippen molar-refractivity contribution in [1.29, 1.82) is 0 Å². The fraction of sp³-hybridized carbons (Fsp3) is 0.200. The molecule has 0 atom stereocenters. The molecular weight excluding hydrogens is 219 g/mol. The molecule has 2 rings (SSSR count). The smallest absolute Gasteiger partial charge is 0.368 e. The summed E-state index contributed by atoms with van der Waals surface area (Å²) in [5.74, 6) is -0.0258. The van der Waals surface area contributed by atoms with Crippen LogP contribution in [0.4, 0.5) is 19.1 Å². The number of hydrogen-bond acceptors (Lipinski definition) is 3. The van der Waals surface area contributed by atoms with E-state index in [1.54, 1.807) is 12.1 Å². The van der Waals surface area contributed by atoms with E-state index in [9.17, 15) is 13.2 Å². The lowest BCUT2D eigenvalue weighted by molar-refractivity contribution is -0.127. The lowest BCUT2D eigenvalue weighted by atomic mass is 10.1. The molecule has 1 aromatic carbocycles. The number of hydrogen-bond donors (Lipinski definition) is 1. The van der Waals surface area contributed by atoms with Crippen molar-refractivity contribution in [2.24, 2.45) is 0 Å². The highest BCUT2D eigenvalue weighted by Crippen LogP contribution is 2.25. The Morgan fingerprint density at radius 2 is 2.00 bits per heavy atom. The van der Waals surface area contributed by atoms with Crippen molar-refractivity contribution in [2.45, 2.75) is 12.6 Å². The molecule has 16 heavy (non-hydrogen) atoms. The van der Waals surface area contributed by atoms with Crippen LogP contribution in [-0.2, 0) is 6.42 Å². The van der Waals surface area contributed by atoms with Crippen molar-refractivity contribution in [2.75, 3.05) is 5.73 Å². The summed E-state index contributed by atoms with van der Waals surface area (Å²) in [6.45, 7) is 0. The molecule has 0 saturated heterocycles. The zero-order chi connectivity index (χ0) is 11.8. The zero-order valence-electron chi connectivity index (χ0n) is 8.12. The highest BCUT2D eigenvalue weighted by atomic mass is 19.4. The van der Waals surface area contributed by atoms with E-state index in [4.69, 9.17) is 5.73 Å². The van der Waals surface area contributed by atoms with Crippen LogP contribution in [0.5, 0.6) is 0 Å². The van der Waals surface area contributed by atoms with Gasteiger partial charge in [-0.3, -0.25) is 0 Å². The number of anilines is 1. The molecule has 0 aliphatic heterocycles. The van der Waals surface area contributed by atoms with Crippen molar-refractivity contribution >= 4 is 16.9 Å². The summed E-state index contributed by atoms with van der Waals surface area (Å²) in [4.78, 5) is 7.56. The van der Waals surface area contributed by atoms with Gasteiger partial charge in [-0.1, -0.05) is 18.2 Å². The third-order valence-electron chi connectivity index (χ3n) is 2.10. The van der Waals surface area contributed by atoms with Crippen LogP contribution >= 0.6 is 0 Å². The maximum absolute atomic E-state index is 12.3. The van der Waals surface area contributed by atoms with Crippen LogP contribution in [0, 0.1) is 0 Å². The Balaban J connectivity index is 2.56. The monoisotopic (exact) mass is 227 g/mol. The van der Waals surface area contributed by atoms with Gasteiger partial charge in [0.2, 0.25) is 5.95 Å². The number of aromatic nitrogens is 2. The third-order valence-corrected chi connectivity index (χ3v) is 2.10. The van der Waals surface area contributed by atoms with E-state index in [-0.39, 0.29) is 17.0 Å². The zero-order valence-corrected chi connectivity index (χ0v) is 8.12. The molecule has 2 N–H and O–H groups in total. The average Bonchev–Trinajstić information content (AvgIpc) is 2.17. The standard InChI is InChI=1S/C10H8F3N3/c11-10(12,13)4-6-2-1-3-7-5-15-9(14)16-8(6)7/h1-3,5H,4H2,(H2,14,15,16). The van der Waals surface area contributed by atoms with Gasteiger partial charge in [0, 0.05) is 11.6 Å². The van der Waals surface area contributed by atoms with Crippen molar-refractivity contribution < 1.29 is 13.2 Å². The number of nitrogen functional groups attached to an aromatic ring is 1. The minimum absolute atomic E-state index is 0.0258. The number of nitrogens with two attached hydrogens (primary N) is 1. The first-order valence-corrected chi connectivity index (χ1v) is 4.52. The molecule has 0 bridgehead atoms. The van der Waals surface area contributed by atoms with Gasteiger partial charge in [0.1, 0.15) is 0 Å². The molecular formula is C10H8F3N3. The summed E-state index contributed by atoms with van der Waals surface area (Å²) in [6.07, 6.45) is -3.85. The normalized spacial score (nSPS) is 11.9. The second-order valence-electron chi connectivity index (χ2n) is 3.38. The fourth-order valence-corrected chi connectivity index (χ4v) is 1.49. The Kier molecular flexibility index (Phi) is 2.41. The van der Waals surface area contributed by atoms with Gasteiger partial charge in [0.25, 0.3) is 0 Å². The Hall–Kier alpha value is -1.85. The first-order chi connectivity index (χ1) is 7.46. The molecule has 1 aromatic heterocycles. The van der Waals surface area contributed by atoms with Gasteiger partial charge >= 0.3 is 6.18 Å². The van der Waals surface area contributed by atoms with E-state index in [1.807, 2.05) is 0 Å². The van der Waals surface area contributed by atoms with Gasteiger partial charge < -0.3 is 5.73 Å². The van der Waals surface area contributed by atoms with E-state index in [2.05, 4.69) is 9.97 Å². The maximum Gasteiger partial charge on any atom is 0.393 e. The molecule has 84 valence electrons. The largest absolute Gasteiger partial charge is 0.393 e. The average molecular weight is 227 g/mol. The molecule has 0 saturated carbocycles. The molecule has 0 unspecified atom stereocenters. The Bertz CT molecular complexity index is 522. The van der Waals surface area contributed by atoms with Gasteiger partial charge in [-0.25, -0.2) is 9.97 Å². The minimum atomic E-state index is -4.26. The summed E-state index contributed by atoms with van der Waals surface area (Å²) >= 11 is 0. The Labute approximate surface area is 89.1 Å². The van der Waals surface area contributed by atoms with Crippen LogP contribution in [0.1, 0.15) is 5.56 Å². The molecule has 3 nitrogen and oxygen atoms in total. The van der Waals surface area contributed by atoms with E-state index in [0.717, 1.165) is 0 Å². The molecule has 0 amide bonds. The van der Waals surface area contributed by atoms with Crippen molar-refractivity contribution in [3.05, 3.63) is 30.0 Å². The molecule has 0 aliphatic rings. The highest BCUT2D eigenvalue weighted by Gasteiger charge is 2.28. The second kappa shape index (κ2) is 3.62. The first kappa shape index (κ1) is 10.7. The summed E-state index contributed by atoms with van der Waals surface area (Å²) in [5.41, 5.74) is 5.72. The van der Waals surface area contributed by atoms with Crippen LogP contribution in [0.15, 0.2) is 24.4 Å².